The van der Waals surface area contributed by atoms with Crippen LogP contribution in [0.2, 0.25) is 0 Å². The van der Waals surface area contributed by atoms with E-state index in [1.54, 1.807) is 11.1 Å². The number of carbonyl (C=O) groups excluding carboxylic acids is 1. The van der Waals surface area contributed by atoms with Gasteiger partial charge in [0, 0.05) is 37.2 Å². The van der Waals surface area contributed by atoms with Gasteiger partial charge in [-0.3, -0.25) is 4.79 Å². The largest absolute Gasteiger partial charge is 0.370 e. The molecule has 0 saturated heterocycles. The predicted molar refractivity (Wildman–Crippen MR) is 88.0 cm³/mol. The third-order valence-electron chi connectivity index (χ3n) is 3.06. The van der Waals surface area contributed by atoms with Gasteiger partial charge in [0.1, 0.15) is 5.82 Å². The van der Waals surface area contributed by atoms with E-state index in [-0.39, 0.29) is 5.91 Å². The van der Waals surface area contributed by atoms with Gasteiger partial charge in [-0.2, -0.15) is 0 Å². The Bertz CT molecular complexity index is 572. The summed E-state index contributed by atoms with van der Waals surface area (Å²) in [6.07, 6.45) is 2.17. The van der Waals surface area contributed by atoms with Crippen LogP contribution in [0.1, 0.15) is 12.0 Å². The minimum Gasteiger partial charge on any atom is -0.370 e. The maximum Gasteiger partial charge on any atom is 0.224 e. The molecule has 0 saturated carbocycles. The molecule has 0 bridgehead atoms. The van der Waals surface area contributed by atoms with Crippen LogP contribution >= 0.6 is 15.9 Å². The molecule has 21 heavy (non-hydrogen) atoms. The summed E-state index contributed by atoms with van der Waals surface area (Å²) >= 11 is 3.34. The van der Waals surface area contributed by atoms with Crippen LogP contribution in [-0.4, -0.2) is 29.4 Å². The molecule has 2 rings (SSSR count). The van der Waals surface area contributed by atoms with Crippen LogP contribution < -0.4 is 5.32 Å². The molecule has 0 fully saturated rings. The van der Waals surface area contributed by atoms with Crippen LogP contribution in [0.25, 0.3) is 0 Å². The average Bonchev–Trinajstić information content (AvgIpc) is 2.50. The molecule has 1 heterocycles. The van der Waals surface area contributed by atoms with E-state index in [9.17, 15) is 4.79 Å². The molecule has 1 aromatic heterocycles. The average molecular weight is 348 g/mol. The number of halogens is 1. The Balaban J connectivity index is 1.75. The summed E-state index contributed by atoms with van der Waals surface area (Å²) in [7, 11) is 1.83. The minimum absolute atomic E-state index is 0.114. The second kappa shape index (κ2) is 7.78. The minimum atomic E-state index is 0.114. The lowest BCUT2D eigenvalue weighted by Gasteiger charge is -2.17. The Morgan fingerprint density at radius 3 is 2.67 bits per heavy atom. The third kappa shape index (κ3) is 5.19. The normalized spacial score (nSPS) is 10.2. The maximum absolute atomic E-state index is 12.0. The van der Waals surface area contributed by atoms with E-state index in [0.717, 1.165) is 15.9 Å². The molecule has 1 amide bonds. The number of benzene rings is 1. The van der Waals surface area contributed by atoms with Gasteiger partial charge in [-0.05, 0) is 33.6 Å². The lowest BCUT2D eigenvalue weighted by molar-refractivity contribution is -0.130. The van der Waals surface area contributed by atoms with E-state index < -0.39 is 0 Å². The highest BCUT2D eigenvalue weighted by Crippen LogP contribution is 2.10. The van der Waals surface area contributed by atoms with Gasteiger partial charge in [-0.1, -0.05) is 30.3 Å². The number of hydrogen-bond donors (Lipinski definition) is 1. The zero-order valence-corrected chi connectivity index (χ0v) is 13.5. The van der Waals surface area contributed by atoms with Crippen molar-refractivity contribution in [2.75, 3.05) is 18.9 Å². The molecule has 5 heteroatoms. The second-order valence-electron chi connectivity index (χ2n) is 4.77. The molecule has 4 nitrogen and oxygen atoms in total. The Morgan fingerprint density at radius 1 is 1.24 bits per heavy atom. The van der Waals surface area contributed by atoms with Crippen LogP contribution in [0.5, 0.6) is 0 Å². The fourth-order valence-corrected chi connectivity index (χ4v) is 2.15. The number of nitrogens with zero attached hydrogens (tertiary/aromatic N) is 2. The van der Waals surface area contributed by atoms with Crippen molar-refractivity contribution in [1.29, 1.82) is 0 Å². The summed E-state index contributed by atoms with van der Waals surface area (Å²) in [5.74, 6) is 0.889. The van der Waals surface area contributed by atoms with Crippen LogP contribution in [0.15, 0.2) is 53.1 Å². The predicted octanol–water partition coefficient (Wildman–Crippen LogP) is 3.30. The first kappa shape index (κ1) is 15.5. The van der Waals surface area contributed by atoms with Crippen LogP contribution in [-0.2, 0) is 11.3 Å². The van der Waals surface area contributed by atoms with E-state index in [1.807, 2.05) is 49.5 Å². The zero-order valence-electron chi connectivity index (χ0n) is 11.9. The fourth-order valence-electron chi connectivity index (χ4n) is 1.91. The number of hydrogen-bond acceptors (Lipinski definition) is 3. The van der Waals surface area contributed by atoms with Gasteiger partial charge in [0.25, 0.3) is 0 Å². The van der Waals surface area contributed by atoms with Gasteiger partial charge in [0.15, 0.2) is 0 Å². The van der Waals surface area contributed by atoms with E-state index in [4.69, 9.17) is 0 Å². The summed E-state index contributed by atoms with van der Waals surface area (Å²) in [6, 6.07) is 13.8. The number of anilines is 1. The van der Waals surface area contributed by atoms with Gasteiger partial charge in [0.2, 0.25) is 5.91 Å². The lowest BCUT2D eigenvalue weighted by atomic mass is 10.2. The number of nitrogens with one attached hydrogen (secondary N) is 1. The van der Waals surface area contributed by atoms with Crippen molar-refractivity contribution in [3.05, 3.63) is 58.7 Å². The molecule has 0 aliphatic heterocycles. The first-order chi connectivity index (χ1) is 10.1. The summed E-state index contributed by atoms with van der Waals surface area (Å²) in [5, 5.41) is 3.14. The Hall–Kier alpha value is -1.88. The molecular formula is C16H18BrN3O. The summed E-state index contributed by atoms with van der Waals surface area (Å²) in [4.78, 5) is 18.0. The van der Waals surface area contributed by atoms with Gasteiger partial charge in [-0.15, -0.1) is 0 Å². The Kier molecular flexibility index (Phi) is 5.75. The molecule has 0 atom stereocenters. The van der Waals surface area contributed by atoms with E-state index in [0.29, 0.717) is 19.5 Å². The van der Waals surface area contributed by atoms with Crippen molar-refractivity contribution in [1.82, 2.24) is 9.88 Å². The standard InChI is InChI=1S/C16H18BrN3O/c1-20(12-13-5-3-2-4-6-13)16(21)9-10-18-15-8-7-14(17)11-19-15/h2-8,11H,9-10,12H2,1H3,(H,18,19). The molecule has 0 aliphatic rings. The van der Waals surface area contributed by atoms with Crippen molar-refractivity contribution in [2.24, 2.45) is 0 Å². The zero-order chi connectivity index (χ0) is 15.1. The molecule has 2 aromatic rings. The quantitative estimate of drug-likeness (QED) is 0.871. The number of amides is 1. The smallest absolute Gasteiger partial charge is 0.224 e. The Labute approximate surface area is 133 Å². The third-order valence-corrected chi connectivity index (χ3v) is 3.53. The molecule has 1 aromatic carbocycles. The fraction of sp³-hybridized carbons (Fsp3) is 0.250. The van der Waals surface area contributed by atoms with Gasteiger partial charge >= 0.3 is 0 Å². The van der Waals surface area contributed by atoms with E-state index in [2.05, 4.69) is 26.2 Å². The van der Waals surface area contributed by atoms with E-state index >= 15 is 0 Å². The number of pyridine rings is 1. The number of carbonyl (C=O) groups is 1. The van der Waals surface area contributed by atoms with Crippen molar-refractivity contribution in [3.8, 4) is 0 Å². The van der Waals surface area contributed by atoms with Crippen LogP contribution in [0.4, 0.5) is 5.82 Å². The van der Waals surface area contributed by atoms with Crippen molar-refractivity contribution >= 4 is 27.7 Å². The Morgan fingerprint density at radius 2 is 2.00 bits per heavy atom. The summed E-state index contributed by atoms with van der Waals surface area (Å²) in [5.41, 5.74) is 1.14. The summed E-state index contributed by atoms with van der Waals surface area (Å²) in [6.45, 7) is 1.21. The molecule has 0 unspecified atom stereocenters. The molecule has 110 valence electrons. The molecule has 0 spiro atoms. The van der Waals surface area contributed by atoms with Crippen molar-refractivity contribution in [2.45, 2.75) is 13.0 Å². The number of rotatable bonds is 6. The van der Waals surface area contributed by atoms with Crippen LogP contribution in [0, 0.1) is 0 Å². The van der Waals surface area contributed by atoms with Crippen molar-refractivity contribution in [3.63, 3.8) is 0 Å². The molecule has 0 radical (unpaired) electrons. The van der Waals surface area contributed by atoms with Gasteiger partial charge in [0.05, 0.1) is 0 Å². The highest BCUT2D eigenvalue weighted by Gasteiger charge is 2.08. The van der Waals surface area contributed by atoms with Crippen LogP contribution in [0.3, 0.4) is 0 Å². The molecular weight excluding hydrogens is 330 g/mol. The topological polar surface area (TPSA) is 45.2 Å². The lowest BCUT2D eigenvalue weighted by Crippen LogP contribution is -2.27. The van der Waals surface area contributed by atoms with E-state index in [1.165, 1.54) is 0 Å². The second-order valence-corrected chi connectivity index (χ2v) is 5.69. The van der Waals surface area contributed by atoms with Gasteiger partial charge < -0.3 is 10.2 Å². The monoisotopic (exact) mass is 347 g/mol. The maximum atomic E-state index is 12.0. The number of aromatic nitrogens is 1. The van der Waals surface area contributed by atoms with Crippen molar-refractivity contribution < 1.29 is 4.79 Å². The highest BCUT2D eigenvalue weighted by molar-refractivity contribution is 9.10. The first-order valence-electron chi connectivity index (χ1n) is 6.78. The molecule has 0 aliphatic carbocycles. The molecule has 1 N–H and O–H groups in total. The van der Waals surface area contributed by atoms with Gasteiger partial charge in [-0.25, -0.2) is 4.98 Å². The summed E-state index contributed by atoms with van der Waals surface area (Å²) < 4.78 is 0.937. The first-order valence-corrected chi connectivity index (χ1v) is 7.58. The SMILES string of the molecule is CN(Cc1ccccc1)C(=O)CCNc1ccc(Br)cn1. The highest BCUT2D eigenvalue weighted by atomic mass is 79.9.